The standard InChI is InChI=1S/C18H21BrFNO3/c19-14-8-9-16(20)13(11-14)7-10-18(23)24-12-17(22)21-15-5-3-1-2-4-6-15/h7-11,15H,1-6,12H2,(H,21,22)/b10-7+. The molecule has 2 rings (SSSR count). The molecule has 1 aliphatic carbocycles. The highest BCUT2D eigenvalue weighted by molar-refractivity contribution is 9.10. The molecule has 1 aliphatic rings. The summed E-state index contributed by atoms with van der Waals surface area (Å²) in [5.41, 5.74) is 0.268. The van der Waals surface area contributed by atoms with Crippen LogP contribution in [0.3, 0.4) is 0 Å². The normalized spacial score (nSPS) is 15.9. The number of carbonyl (C=O) groups excluding carboxylic acids is 2. The smallest absolute Gasteiger partial charge is 0.331 e. The van der Waals surface area contributed by atoms with Crippen LogP contribution in [-0.2, 0) is 14.3 Å². The minimum Gasteiger partial charge on any atom is -0.452 e. The summed E-state index contributed by atoms with van der Waals surface area (Å²) < 4.78 is 19.1. The van der Waals surface area contributed by atoms with Crippen molar-refractivity contribution in [1.29, 1.82) is 0 Å². The van der Waals surface area contributed by atoms with E-state index in [2.05, 4.69) is 21.2 Å². The summed E-state index contributed by atoms with van der Waals surface area (Å²) in [6.07, 6.45) is 9.03. The minimum absolute atomic E-state index is 0.171. The zero-order valence-electron chi connectivity index (χ0n) is 13.4. The summed E-state index contributed by atoms with van der Waals surface area (Å²) in [5, 5.41) is 2.90. The third-order valence-electron chi connectivity index (χ3n) is 3.92. The van der Waals surface area contributed by atoms with Gasteiger partial charge >= 0.3 is 5.97 Å². The lowest BCUT2D eigenvalue weighted by atomic mass is 10.1. The average Bonchev–Trinajstić information content (AvgIpc) is 2.82. The van der Waals surface area contributed by atoms with Crippen LogP contribution in [0.4, 0.5) is 4.39 Å². The molecule has 4 nitrogen and oxygen atoms in total. The maximum atomic E-state index is 13.5. The van der Waals surface area contributed by atoms with Crippen LogP contribution in [-0.4, -0.2) is 24.5 Å². The maximum Gasteiger partial charge on any atom is 0.331 e. The molecule has 1 aromatic carbocycles. The quantitative estimate of drug-likeness (QED) is 0.464. The number of carbonyl (C=O) groups is 2. The van der Waals surface area contributed by atoms with Crippen molar-refractivity contribution in [3.05, 3.63) is 40.1 Å². The topological polar surface area (TPSA) is 55.4 Å². The molecule has 0 aromatic heterocycles. The zero-order valence-corrected chi connectivity index (χ0v) is 15.0. The van der Waals surface area contributed by atoms with E-state index >= 15 is 0 Å². The molecule has 0 saturated heterocycles. The highest BCUT2D eigenvalue weighted by Gasteiger charge is 2.15. The number of hydrogen-bond donors (Lipinski definition) is 1. The Morgan fingerprint density at radius 3 is 2.67 bits per heavy atom. The Labute approximate surface area is 149 Å². The van der Waals surface area contributed by atoms with Gasteiger partial charge in [-0.1, -0.05) is 41.6 Å². The first kappa shape index (κ1) is 18.6. The van der Waals surface area contributed by atoms with E-state index in [1.165, 1.54) is 25.0 Å². The Bertz CT molecular complexity index is 610. The molecule has 1 aromatic rings. The molecule has 24 heavy (non-hydrogen) atoms. The molecular weight excluding hydrogens is 377 g/mol. The highest BCUT2D eigenvalue weighted by atomic mass is 79.9. The van der Waals surface area contributed by atoms with E-state index in [0.717, 1.165) is 31.8 Å². The van der Waals surface area contributed by atoms with Gasteiger partial charge in [-0.3, -0.25) is 4.79 Å². The van der Waals surface area contributed by atoms with E-state index in [9.17, 15) is 14.0 Å². The van der Waals surface area contributed by atoms with Crippen molar-refractivity contribution in [3.63, 3.8) is 0 Å². The van der Waals surface area contributed by atoms with Gasteiger partial charge in [-0.25, -0.2) is 9.18 Å². The van der Waals surface area contributed by atoms with Gasteiger partial charge < -0.3 is 10.1 Å². The Morgan fingerprint density at radius 2 is 1.96 bits per heavy atom. The van der Waals surface area contributed by atoms with E-state index in [1.807, 2.05) is 0 Å². The summed E-state index contributed by atoms with van der Waals surface area (Å²) in [5.74, 6) is -1.41. The summed E-state index contributed by atoms with van der Waals surface area (Å²) in [7, 11) is 0. The fraction of sp³-hybridized carbons (Fsp3) is 0.444. The monoisotopic (exact) mass is 397 g/mol. The van der Waals surface area contributed by atoms with Crippen LogP contribution in [0.15, 0.2) is 28.7 Å². The van der Waals surface area contributed by atoms with Crippen LogP contribution < -0.4 is 5.32 Å². The zero-order chi connectivity index (χ0) is 17.4. The number of esters is 1. The fourth-order valence-corrected chi connectivity index (χ4v) is 3.06. The van der Waals surface area contributed by atoms with Gasteiger partial charge in [0.15, 0.2) is 6.61 Å². The molecule has 130 valence electrons. The van der Waals surface area contributed by atoms with Crippen LogP contribution in [0.25, 0.3) is 6.08 Å². The molecule has 6 heteroatoms. The predicted octanol–water partition coefficient (Wildman–Crippen LogP) is 3.98. The lowest BCUT2D eigenvalue weighted by Crippen LogP contribution is -2.37. The van der Waals surface area contributed by atoms with Gasteiger partial charge in [0, 0.05) is 22.2 Å². The third-order valence-corrected chi connectivity index (χ3v) is 4.42. The van der Waals surface area contributed by atoms with E-state index in [0.29, 0.717) is 4.47 Å². The predicted molar refractivity (Wildman–Crippen MR) is 93.7 cm³/mol. The van der Waals surface area contributed by atoms with Crippen molar-refractivity contribution >= 4 is 33.9 Å². The molecule has 0 heterocycles. The van der Waals surface area contributed by atoms with Crippen molar-refractivity contribution in [1.82, 2.24) is 5.32 Å². The van der Waals surface area contributed by atoms with Crippen molar-refractivity contribution < 1.29 is 18.7 Å². The molecule has 0 spiro atoms. The Morgan fingerprint density at radius 1 is 1.25 bits per heavy atom. The molecule has 0 atom stereocenters. The first-order valence-electron chi connectivity index (χ1n) is 8.14. The van der Waals surface area contributed by atoms with Crippen LogP contribution in [0.5, 0.6) is 0 Å². The van der Waals surface area contributed by atoms with Gasteiger partial charge in [0.1, 0.15) is 5.82 Å². The Balaban J connectivity index is 1.76. The van der Waals surface area contributed by atoms with Gasteiger partial charge in [0.25, 0.3) is 5.91 Å². The second-order valence-corrected chi connectivity index (χ2v) is 6.78. The first-order valence-corrected chi connectivity index (χ1v) is 8.93. The number of rotatable bonds is 5. The maximum absolute atomic E-state index is 13.5. The van der Waals surface area contributed by atoms with Gasteiger partial charge in [-0.05, 0) is 37.1 Å². The van der Waals surface area contributed by atoms with Gasteiger partial charge in [-0.15, -0.1) is 0 Å². The van der Waals surface area contributed by atoms with Gasteiger partial charge in [0.05, 0.1) is 0 Å². The molecule has 1 fully saturated rings. The number of halogens is 2. The lowest BCUT2D eigenvalue weighted by Gasteiger charge is -2.15. The minimum atomic E-state index is -0.676. The molecule has 1 amide bonds. The average molecular weight is 398 g/mol. The molecule has 0 radical (unpaired) electrons. The van der Waals surface area contributed by atoms with Crippen LogP contribution in [0.2, 0.25) is 0 Å². The first-order chi connectivity index (χ1) is 11.5. The molecule has 1 N–H and O–H groups in total. The van der Waals surface area contributed by atoms with Gasteiger partial charge in [0.2, 0.25) is 0 Å². The highest BCUT2D eigenvalue weighted by Crippen LogP contribution is 2.17. The van der Waals surface area contributed by atoms with E-state index in [1.54, 1.807) is 12.1 Å². The number of hydrogen-bond acceptors (Lipinski definition) is 3. The summed E-state index contributed by atoms with van der Waals surface area (Å²) >= 11 is 3.24. The summed E-state index contributed by atoms with van der Waals surface area (Å²) in [6, 6.07) is 4.60. The number of nitrogens with one attached hydrogen (secondary N) is 1. The van der Waals surface area contributed by atoms with Crippen LogP contribution >= 0.6 is 15.9 Å². The van der Waals surface area contributed by atoms with Crippen molar-refractivity contribution in [3.8, 4) is 0 Å². The molecule has 0 bridgehead atoms. The fourth-order valence-electron chi connectivity index (χ4n) is 2.68. The lowest BCUT2D eigenvalue weighted by molar-refractivity contribution is -0.144. The van der Waals surface area contributed by atoms with Crippen molar-refractivity contribution in [2.75, 3.05) is 6.61 Å². The number of benzene rings is 1. The molecule has 0 aliphatic heterocycles. The summed E-state index contributed by atoms with van der Waals surface area (Å²) in [4.78, 5) is 23.5. The van der Waals surface area contributed by atoms with E-state index in [-0.39, 0.29) is 24.1 Å². The van der Waals surface area contributed by atoms with Gasteiger partial charge in [-0.2, -0.15) is 0 Å². The number of ether oxygens (including phenoxy) is 1. The SMILES string of the molecule is O=C(COC(=O)/C=C/c1cc(Br)ccc1F)NC1CCCCCC1. The molecule has 0 unspecified atom stereocenters. The second-order valence-electron chi connectivity index (χ2n) is 5.86. The van der Waals surface area contributed by atoms with E-state index < -0.39 is 11.8 Å². The molecule has 1 saturated carbocycles. The summed E-state index contributed by atoms with van der Waals surface area (Å²) in [6.45, 7) is -0.319. The van der Waals surface area contributed by atoms with E-state index in [4.69, 9.17) is 4.74 Å². The Hall–Kier alpha value is -1.69. The second kappa shape index (κ2) is 9.57. The third kappa shape index (κ3) is 6.43. The van der Waals surface area contributed by atoms with Crippen LogP contribution in [0.1, 0.15) is 44.1 Å². The largest absolute Gasteiger partial charge is 0.452 e. The molecular formula is C18H21BrFNO3. The Kier molecular flexibility index (Phi) is 7.43. The van der Waals surface area contributed by atoms with Crippen molar-refractivity contribution in [2.24, 2.45) is 0 Å². The number of amides is 1. The van der Waals surface area contributed by atoms with Crippen LogP contribution in [0, 0.1) is 5.82 Å². The van der Waals surface area contributed by atoms with Crippen molar-refractivity contribution in [2.45, 2.75) is 44.6 Å².